The second kappa shape index (κ2) is 5.08. The van der Waals surface area contributed by atoms with Crippen molar-refractivity contribution in [2.75, 3.05) is 11.9 Å². The molecule has 2 aromatic rings. The van der Waals surface area contributed by atoms with E-state index in [4.69, 9.17) is 0 Å². The molecule has 0 amide bonds. The van der Waals surface area contributed by atoms with Crippen molar-refractivity contribution in [1.29, 1.82) is 0 Å². The Morgan fingerprint density at radius 1 is 1.32 bits per heavy atom. The second-order valence-electron chi connectivity index (χ2n) is 5.29. The van der Waals surface area contributed by atoms with Gasteiger partial charge in [-0.15, -0.1) is 0 Å². The van der Waals surface area contributed by atoms with Crippen molar-refractivity contribution in [3.8, 4) is 0 Å². The monoisotopic (exact) mass is 255 g/mol. The van der Waals surface area contributed by atoms with E-state index in [2.05, 4.69) is 53.2 Å². The molecule has 19 heavy (non-hydrogen) atoms. The summed E-state index contributed by atoms with van der Waals surface area (Å²) in [4.78, 5) is 0. The number of hydrogen-bond acceptors (Lipinski definition) is 2. The van der Waals surface area contributed by atoms with Gasteiger partial charge in [0.2, 0.25) is 0 Å². The quantitative estimate of drug-likeness (QED) is 0.913. The first-order valence-electron chi connectivity index (χ1n) is 7.15. The first kappa shape index (κ1) is 12.3. The van der Waals surface area contributed by atoms with E-state index in [0.29, 0.717) is 0 Å². The Kier molecular flexibility index (Phi) is 3.28. The third-order valence-corrected chi connectivity index (χ3v) is 3.78. The fourth-order valence-electron chi connectivity index (χ4n) is 2.86. The van der Waals surface area contributed by atoms with Crippen LogP contribution in [0.3, 0.4) is 0 Å². The number of benzene rings is 1. The molecular formula is C16H21N3. The van der Waals surface area contributed by atoms with Gasteiger partial charge in [0.05, 0.1) is 5.69 Å². The number of nitrogens with zero attached hydrogens (tertiary/aromatic N) is 2. The molecule has 0 atom stereocenters. The Labute approximate surface area is 114 Å². The molecule has 2 heterocycles. The number of aryl methyl sites for hydroxylation is 3. The summed E-state index contributed by atoms with van der Waals surface area (Å²) in [6.45, 7) is 6.25. The average molecular weight is 255 g/mol. The Morgan fingerprint density at radius 3 is 3.05 bits per heavy atom. The molecule has 3 nitrogen and oxygen atoms in total. The van der Waals surface area contributed by atoms with Crippen LogP contribution >= 0.6 is 0 Å². The molecule has 1 aromatic heterocycles. The molecule has 1 aromatic carbocycles. The molecule has 3 rings (SSSR count). The van der Waals surface area contributed by atoms with E-state index in [1.807, 2.05) is 0 Å². The summed E-state index contributed by atoms with van der Waals surface area (Å²) < 4.78 is 2.10. The van der Waals surface area contributed by atoms with Gasteiger partial charge < -0.3 is 5.32 Å². The molecule has 0 radical (unpaired) electrons. The number of rotatable bonds is 3. The normalized spacial score (nSPS) is 14.0. The van der Waals surface area contributed by atoms with Crippen LogP contribution in [-0.2, 0) is 19.4 Å². The van der Waals surface area contributed by atoms with Gasteiger partial charge in [0.15, 0.2) is 0 Å². The summed E-state index contributed by atoms with van der Waals surface area (Å²) in [6, 6.07) is 9.01. The van der Waals surface area contributed by atoms with E-state index >= 15 is 0 Å². The van der Waals surface area contributed by atoms with Crippen LogP contribution in [0.4, 0.5) is 5.69 Å². The lowest BCUT2D eigenvalue weighted by atomic mass is 9.99. The van der Waals surface area contributed by atoms with Crippen LogP contribution in [-0.4, -0.2) is 16.3 Å². The Bertz CT molecular complexity index is 584. The van der Waals surface area contributed by atoms with Gasteiger partial charge in [-0.2, -0.15) is 5.10 Å². The summed E-state index contributed by atoms with van der Waals surface area (Å²) in [7, 11) is 0. The van der Waals surface area contributed by atoms with Crippen LogP contribution in [0.25, 0.3) is 0 Å². The molecule has 1 N–H and O–H groups in total. The summed E-state index contributed by atoms with van der Waals surface area (Å²) in [5, 5.41) is 7.98. The van der Waals surface area contributed by atoms with Crippen molar-refractivity contribution >= 4 is 5.69 Å². The topological polar surface area (TPSA) is 29.9 Å². The summed E-state index contributed by atoms with van der Waals surface area (Å²) in [5.74, 6) is 0. The van der Waals surface area contributed by atoms with Gasteiger partial charge in [0, 0.05) is 30.9 Å². The first-order valence-corrected chi connectivity index (χ1v) is 7.15. The van der Waals surface area contributed by atoms with E-state index < -0.39 is 0 Å². The van der Waals surface area contributed by atoms with Gasteiger partial charge in [-0.1, -0.05) is 12.1 Å². The van der Waals surface area contributed by atoms with Crippen molar-refractivity contribution < 1.29 is 0 Å². The number of aromatic nitrogens is 2. The lowest BCUT2D eigenvalue weighted by Gasteiger charge is -2.18. The van der Waals surface area contributed by atoms with E-state index in [9.17, 15) is 0 Å². The molecule has 0 spiro atoms. The molecule has 100 valence electrons. The lowest BCUT2D eigenvalue weighted by molar-refractivity contribution is 0.625. The maximum atomic E-state index is 4.52. The van der Waals surface area contributed by atoms with Crippen molar-refractivity contribution in [1.82, 2.24) is 9.78 Å². The number of fused-ring (bicyclic) bond motifs is 1. The van der Waals surface area contributed by atoms with Gasteiger partial charge in [0.1, 0.15) is 0 Å². The predicted octanol–water partition coefficient (Wildman–Crippen LogP) is 3.16. The Balaban J connectivity index is 1.86. The zero-order chi connectivity index (χ0) is 13.2. The number of nitrogens with one attached hydrogen (secondary N) is 1. The van der Waals surface area contributed by atoms with E-state index in [0.717, 1.165) is 25.2 Å². The van der Waals surface area contributed by atoms with Crippen LogP contribution < -0.4 is 5.32 Å². The molecular weight excluding hydrogens is 234 g/mol. The summed E-state index contributed by atoms with van der Waals surface area (Å²) in [5.41, 5.74) is 6.58. The molecule has 3 heteroatoms. The maximum Gasteiger partial charge on any atom is 0.0596 e. The minimum atomic E-state index is 0.940. The van der Waals surface area contributed by atoms with Gasteiger partial charge >= 0.3 is 0 Å². The molecule has 0 fully saturated rings. The second-order valence-corrected chi connectivity index (χ2v) is 5.29. The molecule has 1 aliphatic heterocycles. The SMILES string of the molecule is CCn1nc(C)cc1Cc1ccc2c(c1)CCCN2. The Morgan fingerprint density at radius 2 is 2.21 bits per heavy atom. The average Bonchev–Trinajstić information content (AvgIpc) is 2.78. The van der Waals surface area contributed by atoms with Crippen LogP contribution in [0.5, 0.6) is 0 Å². The third kappa shape index (κ3) is 2.50. The smallest absolute Gasteiger partial charge is 0.0596 e. The molecule has 0 unspecified atom stereocenters. The van der Waals surface area contributed by atoms with Crippen LogP contribution in [0.15, 0.2) is 24.3 Å². The van der Waals surface area contributed by atoms with Gasteiger partial charge in [-0.25, -0.2) is 0 Å². The fourth-order valence-corrected chi connectivity index (χ4v) is 2.86. The molecule has 0 bridgehead atoms. The number of hydrogen-bond donors (Lipinski definition) is 1. The minimum Gasteiger partial charge on any atom is -0.385 e. The highest BCUT2D eigenvalue weighted by molar-refractivity contribution is 5.54. The van der Waals surface area contributed by atoms with Gasteiger partial charge in [-0.05, 0) is 49.9 Å². The third-order valence-electron chi connectivity index (χ3n) is 3.78. The van der Waals surface area contributed by atoms with Crippen LogP contribution in [0.1, 0.15) is 35.9 Å². The number of anilines is 1. The fraction of sp³-hybridized carbons (Fsp3) is 0.438. The van der Waals surface area contributed by atoms with Crippen molar-refractivity contribution in [2.45, 2.75) is 39.7 Å². The van der Waals surface area contributed by atoms with Crippen molar-refractivity contribution in [2.24, 2.45) is 0 Å². The zero-order valence-electron chi connectivity index (χ0n) is 11.7. The minimum absolute atomic E-state index is 0.940. The molecule has 0 saturated carbocycles. The van der Waals surface area contributed by atoms with Crippen molar-refractivity contribution in [3.05, 3.63) is 46.8 Å². The first-order chi connectivity index (χ1) is 9.26. The van der Waals surface area contributed by atoms with E-state index in [1.165, 1.54) is 35.3 Å². The predicted molar refractivity (Wildman–Crippen MR) is 78.7 cm³/mol. The van der Waals surface area contributed by atoms with E-state index in [-0.39, 0.29) is 0 Å². The van der Waals surface area contributed by atoms with Crippen LogP contribution in [0, 0.1) is 6.92 Å². The summed E-state index contributed by atoms with van der Waals surface area (Å²) >= 11 is 0. The lowest BCUT2D eigenvalue weighted by Crippen LogP contribution is -2.12. The van der Waals surface area contributed by atoms with E-state index in [1.54, 1.807) is 0 Å². The maximum absolute atomic E-state index is 4.52. The molecule has 0 aliphatic carbocycles. The van der Waals surface area contributed by atoms with Crippen molar-refractivity contribution in [3.63, 3.8) is 0 Å². The molecule has 0 saturated heterocycles. The highest BCUT2D eigenvalue weighted by atomic mass is 15.3. The van der Waals surface area contributed by atoms with Gasteiger partial charge in [-0.3, -0.25) is 4.68 Å². The van der Waals surface area contributed by atoms with Gasteiger partial charge in [0.25, 0.3) is 0 Å². The summed E-state index contributed by atoms with van der Waals surface area (Å²) in [6.07, 6.45) is 3.41. The standard InChI is InChI=1S/C16H21N3/c1-3-19-15(9-12(2)18-19)11-13-6-7-16-14(10-13)5-4-8-17-16/h6-7,9-10,17H,3-5,8,11H2,1-2H3. The zero-order valence-corrected chi connectivity index (χ0v) is 11.7. The largest absolute Gasteiger partial charge is 0.385 e. The Hall–Kier alpha value is -1.77. The highest BCUT2D eigenvalue weighted by Gasteiger charge is 2.10. The molecule has 1 aliphatic rings. The van der Waals surface area contributed by atoms with Crippen LogP contribution in [0.2, 0.25) is 0 Å². The highest BCUT2D eigenvalue weighted by Crippen LogP contribution is 2.24.